The summed E-state index contributed by atoms with van der Waals surface area (Å²) >= 11 is 2.61. The Balaban J connectivity index is 1.22. The lowest BCUT2D eigenvalue weighted by atomic mass is 10.1. The van der Waals surface area contributed by atoms with Crippen LogP contribution in [0.1, 0.15) is 23.4 Å². The van der Waals surface area contributed by atoms with E-state index in [9.17, 15) is 13.2 Å². The van der Waals surface area contributed by atoms with E-state index in [0.717, 1.165) is 19.5 Å². The summed E-state index contributed by atoms with van der Waals surface area (Å²) in [7, 11) is -3.56. The summed E-state index contributed by atoms with van der Waals surface area (Å²) in [6.45, 7) is 2.36. The van der Waals surface area contributed by atoms with Crippen LogP contribution in [0.15, 0.2) is 58.0 Å². The second kappa shape index (κ2) is 12.2. The van der Waals surface area contributed by atoms with E-state index < -0.39 is 21.0 Å². The first-order chi connectivity index (χ1) is 20.0. The molecule has 0 radical (unpaired) electrons. The number of fused-ring (bicyclic) bond motifs is 1. The minimum atomic E-state index is -3.56. The fraction of sp³-hybridized carbons (Fsp3) is 0.346. The van der Waals surface area contributed by atoms with Crippen LogP contribution in [0.5, 0.6) is 5.88 Å². The van der Waals surface area contributed by atoms with Gasteiger partial charge in [0, 0.05) is 36.4 Å². The second-order valence-corrected chi connectivity index (χ2v) is 13.6. The number of carbonyl (C=O) groups is 1. The number of nitrogens with zero attached hydrogens (tertiary/aromatic N) is 4. The molecule has 6 rings (SSSR count). The molecule has 0 bridgehead atoms. The maximum Gasteiger partial charge on any atom is 0.280 e. The molecule has 1 aromatic carbocycles. The molecule has 2 aliphatic rings. The number of sulfone groups is 1. The van der Waals surface area contributed by atoms with Crippen LogP contribution in [0, 0.1) is 0 Å². The summed E-state index contributed by atoms with van der Waals surface area (Å²) in [5, 5.41) is 12.4. The van der Waals surface area contributed by atoms with Crippen molar-refractivity contribution in [2.45, 2.75) is 35.7 Å². The van der Waals surface area contributed by atoms with E-state index in [0.29, 0.717) is 45.0 Å². The number of carbonyl (C=O) groups excluding carboxylic acids is 1. The van der Waals surface area contributed by atoms with Gasteiger partial charge in [-0.15, -0.1) is 11.3 Å². The number of benzene rings is 1. The number of ether oxygens (including phenoxy) is 2. The quantitative estimate of drug-likeness (QED) is 0.201. The van der Waals surface area contributed by atoms with Gasteiger partial charge in [-0.25, -0.2) is 23.4 Å². The molecule has 2 fully saturated rings. The van der Waals surface area contributed by atoms with Gasteiger partial charge in [-0.1, -0.05) is 28.6 Å². The van der Waals surface area contributed by atoms with Crippen LogP contribution in [-0.4, -0.2) is 72.6 Å². The van der Waals surface area contributed by atoms with Crippen LogP contribution in [-0.2, 0) is 30.8 Å². The van der Waals surface area contributed by atoms with Gasteiger partial charge in [0.15, 0.2) is 27.3 Å². The van der Waals surface area contributed by atoms with Crippen molar-refractivity contribution in [2.75, 3.05) is 31.6 Å². The largest absolute Gasteiger partial charge is 0.473 e. The maximum atomic E-state index is 13.4. The SMILES string of the molecule is O=C(Nc1nc2ccc(O[C@@H]3CCNC3)nc2s1)/C(=N/OCc1nccs1)c1ccc(S(=O)(=O)[C@H]2CCOC2)cc1. The number of hydrogen-bond acceptors (Lipinski definition) is 13. The summed E-state index contributed by atoms with van der Waals surface area (Å²) in [6.07, 6.45) is 3.09. The van der Waals surface area contributed by atoms with Crippen LogP contribution in [0.3, 0.4) is 0 Å². The number of amides is 1. The zero-order valence-corrected chi connectivity index (χ0v) is 24.1. The lowest BCUT2D eigenvalue weighted by molar-refractivity contribution is -0.110. The molecule has 2 N–H and O–H groups in total. The fourth-order valence-corrected chi connectivity index (χ4v) is 7.36. The Kier molecular flexibility index (Phi) is 8.20. The highest BCUT2D eigenvalue weighted by Crippen LogP contribution is 2.28. The minimum absolute atomic E-state index is 0.0420. The molecule has 0 unspecified atom stereocenters. The Bertz CT molecular complexity index is 1640. The topological polar surface area (TPSA) is 154 Å². The minimum Gasteiger partial charge on any atom is -0.473 e. The summed E-state index contributed by atoms with van der Waals surface area (Å²) in [4.78, 5) is 32.8. The van der Waals surface area contributed by atoms with Crippen LogP contribution >= 0.6 is 22.7 Å². The molecule has 0 spiro atoms. The first-order valence-electron chi connectivity index (χ1n) is 12.9. The van der Waals surface area contributed by atoms with E-state index in [1.165, 1.54) is 46.9 Å². The first-order valence-corrected chi connectivity index (χ1v) is 16.2. The van der Waals surface area contributed by atoms with Gasteiger partial charge < -0.3 is 19.6 Å². The average molecular weight is 615 g/mol. The smallest absolute Gasteiger partial charge is 0.280 e. The van der Waals surface area contributed by atoms with Crippen LogP contribution in [0.4, 0.5) is 5.13 Å². The van der Waals surface area contributed by atoms with Gasteiger partial charge in [0.25, 0.3) is 5.91 Å². The molecule has 0 aliphatic carbocycles. The van der Waals surface area contributed by atoms with E-state index in [1.54, 1.807) is 18.3 Å². The van der Waals surface area contributed by atoms with Gasteiger partial charge in [0.2, 0.25) is 5.88 Å². The average Bonchev–Trinajstić information content (AvgIpc) is 3.79. The van der Waals surface area contributed by atoms with Crippen molar-refractivity contribution in [2.24, 2.45) is 5.16 Å². The third-order valence-corrected chi connectivity index (χ3v) is 10.4. The molecule has 5 heterocycles. The number of oxime groups is 1. The molecule has 41 heavy (non-hydrogen) atoms. The third-order valence-electron chi connectivity index (χ3n) is 6.58. The van der Waals surface area contributed by atoms with Crippen LogP contribution < -0.4 is 15.4 Å². The summed E-state index contributed by atoms with van der Waals surface area (Å²) in [5.74, 6) is -0.0683. The number of thiazole rings is 2. The molecule has 2 atom stereocenters. The highest BCUT2D eigenvalue weighted by molar-refractivity contribution is 7.92. The van der Waals surface area contributed by atoms with E-state index in [-0.39, 0.29) is 29.9 Å². The summed E-state index contributed by atoms with van der Waals surface area (Å²) < 4.78 is 37.1. The highest BCUT2D eigenvalue weighted by atomic mass is 32.2. The second-order valence-electron chi connectivity index (χ2n) is 9.37. The van der Waals surface area contributed by atoms with Gasteiger partial charge in [0.05, 0.1) is 16.8 Å². The van der Waals surface area contributed by atoms with E-state index >= 15 is 0 Å². The zero-order valence-electron chi connectivity index (χ0n) is 21.7. The number of hydrogen-bond donors (Lipinski definition) is 2. The highest BCUT2D eigenvalue weighted by Gasteiger charge is 2.31. The molecule has 1 amide bonds. The number of pyridine rings is 1. The molecule has 15 heteroatoms. The Labute approximate surface area is 243 Å². The molecule has 214 valence electrons. The Morgan fingerprint density at radius 3 is 2.78 bits per heavy atom. The zero-order chi connectivity index (χ0) is 28.2. The lowest BCUT2D eigenvalue weighted by Crippen LogP contribution is -2.25. The predicted molar refractivity (Wildman–Crippen MR) is 154 cm³/mol. The molecule has 2 saturated heterocycles. The van der Waals surface area contributed by atoms with Gasteiger partial charge >= 0.3 is 0 Å². The molecular weight excluding hydrogens is 589 g/mol. The van der Waals surface area contributed by atoms with Crippen LogP contribution in [0.2, 0.25) is 0 Å². The Hall–Kier alpha value is -3.50. The van der Waals surface area contributed by atoms with Crippen molar-refractivity contribution >= 4 is 59.6 Å². The number of rotatable bonds is 10. The number of aromatic nitrogens is 3. The molecule has 4 aromatic rings. The van der Waals surface area contributed by atoms with Gasteiger partial charge in [-0.3, -0.25) is 10.1 Å². The standard InChI is InChI=1S/C26H26N6O6S3/c33-24(31-26-29-20-5-6-21(30-25(20)40-26)38-17-7-9-27-13-17)23(32-37-15-22-28-10-12-39-22)16-1-3-18(4-2-16)41(34,35)19-8-11-36-14-19/h1-6,10,12,17,19,27H,7-9,11,13-15H2,(H,29,31,33)/b32-23+/t17-,19+/m1/s1. The van der Waals surface area contributed by atoms with Gasteiger partial charge in [-0.05, 0) is 37.6 Å². The summed E-state index contributed by atoms with van der Waals surface area (Å²) in [5.41, 5.74) is 0.953. The molecule has 0 saturated carbocycles. The van der Waals surface area contributed by atoms with E-state index in [2.05, 4.69) is 30.7 Å². The molecule has 2 aliphatic heterocycles. The normalized spacial score (nSPS) is 19.5. The van der Waals surface area contributed by atoms with Crippen molar-refractivity contribution in [3.63, 3.8) is 0 Å². The summed E-state index contributed by atoms with van der Waals surface area (Å²) in [6, 6.07) is 9.57. The maximum absolute atomic E-state index is 13.4. The first kappa shape index (κ1) is 27.7. The van der Waals surface area contributed by atoms with Crippen molar-refractivity contribution in [3.8, 4) is 5.88 Å². The lowest BCUT2D eigenvalue weighted by Gasteiger charge is -2.11. The molecule has 3 aromatic heterocycles. The third kappa shape index (κ3) is 6.38. The van der Waals surface area contributed by atoms with Crippen molar-refractivity contribution in [3.05, 3.63) is 58.5 Å². The van der Waals surface area contributed by atoms with Gasteiger partial charge in [0.1, 0.15) is 21.5 Å². The van der Waals surface area contributed by atoms with Crippen molar-refractivity contribution in [1.29, 1.82) is 0 Å². The Morgan fingerprint density at radius 2 is 2.05 bits per heavy atom. The van der Waals surface area contributed by atoms with E-state index in [1.807, 2.05) is 5.38 Å². The van der Waals surface area contributed by atoms with E-state index in [4.69, 9.17) is 14.3 Å². The van der Waals surface area contributed by atoms with Crippen LogP contribution in [0.25, 0.3) is 10.3 Å². The predicted octanol–water partition coefficient (Wildman–Crippen LogP) is 3.01. The fourth-order valence-electron chi connectivity index (χ4n) is 4.43. The van der Waals surface area contributed by atoms with Crippen molar-refractivity contribution < 1.29 is 27.5 Å². The number of nitrogens with one attached hydrogen (secondary N) is 2. The van der Waals surface area contributed by atoms with Crippen molar-refractivity contribution in [1.82, 2.24) is 20.3 Å². The Morgan fingerprint density at radius 1 is 1.17 bits per heavy atom. The van der Waals surface area contributed by atoms with Gasteiger partial charge in [-0.2, -0.15) is 0 Å². The molecule has 12 nitrogen and oxygen atoms in total. The molecular formula is C26H26N6O6S3. The monoisotopic (exact) mass is 614 g/mol. The number of anilines is 1.